The van der Waals surface area contributed by atoms with Crippen LogP contribution in [0.25, 0.3) is 10.1 Å². The summed E-state index contributed by atoms with van der Waals surface area (Å²) >= 11 is 1.52. The molecule has 0 bridgehead atoms. The summed E-state index contributed by atoms with van der Waals surface area (Å²) < 4.78 is 1.13. The Kier molecular flexibility index (Phi) is 5.14. The van der Waals surface area contributed by atoms with Gasteiger partial charge in [0.1, 0.15) is 0 Å². The number of rotatable bonds is 5. The summed E-state index contributed by atoms with van der Waals surface area (Å²) in [6, 6.07) is 15.3. The van der Waals surface area contributed by atoms with E-state index in [0.717, 1.165) is 33.4 Å². The number of fused-ring (bicyclic) bond motifs is 1. The van der Waals surface area contributed by atoms with E-state index in [1.165, 1.54) is 18.3 Å². The minimum Gasteiger partial charge on any atom is -0.326 e. The van der Waals surface area contributed by atoms with Gasteiger partial charge < -0.3 is 10.6 Å². The highest BCUT2D eigenvalue weighted by Crippen LogP contribution is 2.33. The van der Waals surface area contributed by atoms with Crippen molar-refractivity contribution < 1.29 is 9.59 Å². The minimum absolute atomic E-state index is 0.107. The molecule has 5 heteroatoms. The average Bonchev–Trinajstić information content (AvgIpc) is 2.94. The first-order valence-corrected chi connectivity index (χ1v) is 9.09. The Morgan fingerprint density at radius 2 is 1.72 bits per heavy atom. The fraction of sp³-hybridized carbons (Fsp3) is 0.200. The molecule has 0 radical (unpaired) electrons. The number of aryl methyl sites for hydroxylation is 1. The molecule has 0 fully saturated rings. The van der Waals surface area contributed by atoms with Crippen LogP contribution in [0.5, 0.6) is 0 Å². The number of nitrogens with one attached hydrogen (secondary N) is 2. The summed E-state index contributed by atoms with van der Waals surface area (Å²) in [5, 5.41) is 6.83. The Labute approximate surface area is 150 Å². The van der Waals surface area contributed by atoms with E-state index in [1.807, 2.05) is 24.3 Å². The zero-order valence-electron chi connectivity index (χ0n) is 14.3. The van der Waals surface area contributed by atoms with Crippen molar-refractivity contribution in [3.63, 3.8) is 0 Å². The predicted octanol–water partition coefficient (Wildman–Crippen LogP) is 5.06. The van der Waals surface area contributed by atoms with E-state index in [1.54, 1.807) is 18.2 Å². The van der Waals surface area contributed by atoms with Crippen LogP contribution < -0.4 is 10.6 Å². The molecular weight excluding hydrogens is 332 g/mol. The molecule has 0 aliphatic heterocycles. The SMILES string of the molecule is CCCc1c(C(=O)Nc2cccc(NC(C)=O)c2)sc2ccccc12. The Morgan fingerprint density at radius 1 is 1.00 bits per heavy atom. The summed E-state index contributed by atoms with van der Waals surface area (Å²) in [6.45, 7) is 3.57. The molecule has 2 amide bonds. The topological polar surface area (TPSA) is 58.2 Å². The molecule has 128 valence electrons. The third-order valence-corrected chi connectivity index (χ3v) is 5.06. The van der Waals surface area contributed by atoms with E-state index in [2.05, 4.69) is 23.6 Å². The summed E-state index contributed by atoms with van der Waals surface area (Å²) in [5.41, 5.74) is 2.44. The quantitative estimate of drug-likeness (QED) is 0.674. The van der Waals surface area contributed by atoms with Gasteiger partial charge in [0.25, 0.3) is 5.91 Å². The first-order valence-electron chi connectivity index (χ1n) is 8.28. The fourth-order valence-electron chi connectivity index (χ4n) is 2.85. The molecule has 25 heavy (non-hydrogen) atoms. The number of hydrogen-bond acceptors (Lipinski definition) is 3. The second kappa shape index (κ2) is 7.49. The van der Waals surface area contributed by atoms with Crippen LogP contribution in [-0.2, 0) is 11.2 Å². The highest BCUT2D eigenvalue weighted by atomic mass is 32.1. The van der Waals surface area contributed by atoms with Gasteiger partial charge in [0.15, 0.2) is 0 Å². The normalized spacial score (nSPS) is 10.6. The van der Waals surface area contributed by atoms with Crippen LogP contribution in [-0.4, -0.2) is 11.8 Å². The van der Waals surface area contributed by atoms with Crippen LogP contribution in [0.15, 0.2) is 48.5 Å². The van der Waals surface area contributed by atoms with E-state index < -0.39 is 0 Å². The van der Waals surface area contributed by atoms with Gasteiger partial charge >= 0.3 is 0 Å². The molecule has 1 heterocycles. The maximum Gasteiger partial charge on any atom is 0.266 e. The van der Waals surface area contributed by atoms with Gasteiger partial charge in [-0.05, 0) is 41.6 Å². The summed E-state index contributed by atoms with van der Waals surface area (Å²) in [4.78, 5) is 24.8. The summed E-state index contributed by atoms with van der Waals surface area (Å²) in [5.74, 6) is -0.247. The molecule has 3 rings (SSSR count). The van der Waals surface area contributed by atoms with Crippen molar-refractivity contribution in [2.45, 2.75) is 26.7 Å². The Morgan fingerprint density at radius 3 is 2.44 bits per heavy atom. The molecule has 0 aliphatic rings. The molecule has 2 aromatic carbocycles. The first-order chi connectivity index (χ1) is 12.1. The van der Waals surface area contributed by atoms with E-state index in [-0.39, 0.29) is 11.8 Å². The molecule has 2 N–H and O–H groups in total. The maximum atomic E-state index is 12.8. The van der Waals surface area contributed by atoms with Crippen LogP contribution >= 0.6 is 11.3 Å². The van der Waals surface area contributed by atoms with Crippen molar-refractivity contribution in [2.24, 2.45) is 0 Å². The van der Waals surface area contributed by atoms with Crippen LogP contribution in [0.1, 0.15) is 35.5 Å². The molecule has 1 aromatic heterocycles. The van der Waals surface area contributed by atoms with Crippen molar-refractivity contribution >= 4 is 44.6 Å². The molecule has 3 aromatic rings. The van der Waals surface area contributed by atoms with Crippen LogP contribution in [0.3, 0.4) is 0 Å². The van der Waals surface area contributed by atoms with Gasteiger partial charge in [-0.2, -0.15) is 0 Å². The van der Waals surface area contributed by atoms with Gasteiger partial charge in [0, 0.05) is 23.0 Å². The number of benzene rings is 2. The van der Waals surface area contributed by atoms with Crippen LogP contribution in [0, 0.1) is 0 Å². The number of thiophene rings is 1. The molecule has 4 nitrogen and oxygen atoms in total. The lowest BCUT2D eigenvalue weighted by atomic mass is 10.1. The first kappa shape index (κ1) is 17.2. The second-order valence-electron chi connectivity index (χ2n) is 5.87. The van der Waals surface area contributed by atoms with Gasteiger partial charge in [0.2, 0.25) is 5.91 Å². The molecule has 0 aliphatic carbocycles. The van der Waals surface area contributed by atoms with Gasteiger partial charge in [-0.25, -0.2) is 0 Å². The molecule has 0 unspecified atom stereocenters. The van der Waals surface area contributed by atoms with Crippen molar-refractivity contribution in [3.8, 4) is 0 Å². The van der Waals surface area contributed by atoms with E-state index >= 15 is 0 Å². The van der Waals surface area contributed by atoms with Gasteiger partial charge in [-0.15, -0.1) is 11.3 Å². The monoisotopic (exact) mass is 352 g/mol. The number of hydrogen-bond donors (Lipinski definition) is 2. The summed E-state index contributed by atoms with van der Waals surface area (Å²) in [7, 11) is 0. The number of carbonyl (C=O) groups is 2. The largest absolute Gasteiger partial charge is 0.326 e. The molecular formula is C20H20N2O2S. The van der Waals surface area contributed by atoms with Gasteiger partial charge in [-0.1, -0.05) is 37.6 Å². The van der Waals surface area contributed by atoms with Crippen LogP contribution in [0.4, 0.5) is 11.4 Å². The van der Waals surface area contributed by atoms with E-state index in [9.17, 15) is 9.59 Å². The maximum absolute atomic E-state index is 12.8. The van der Waals surface area contributed by atoms with Crippen LogP contribution in [0.2, 0.25) is 0 Å². The second-order valence-corrected chi connectivity index (χ2v) is 6.92. The standard InChI is InChI=1S/C20H20N2O2S/c1-3-7-17-16-10-4-5-11-18(16)25-19(17)20(24)22-15-9-6-8-14(12-15)21-13(2)23/h4-6,8-12H,3,7H2,1-2H3,(H,21,23)(H,22,24). The van der Waals surface area contributed by atoms with Gasteiger partial charge in [-0.3, -0.25) is 9.59 Å². The minimum atomic E-state index is -0.141. The van der Waals surface area contributed by atoms with E-state index in [0.29, 0.717) is 11.4 Å². The average molecular weight is 352 g/mol. The number of amides is 2. The smallest absolute Gasteiger partial charge is 0.266 e. The number of anilines is 2. The summed E-state index contributed by atoms with van der Waals surface area (Å²) in [6.07, 6.45) is 1.86. The van der Waals surface area contributed by atoms with Gasteiger partial charge in [0.05, 0.1) is 4.88 Å². The number of carbonyl (C=O) groups excluding carboxylic acids is 2. The van der Waals surface area contributed by atoms with Crippen molar-refractivity contribution in [2.75, 3.05) is 10.6 Å². The lowest BCUT2D eigenvalue weighted by Crippen LogP contribution is -2.13. The zero-order valence-corrected chi connectivity index (χ0v) is 15.1. The predicted molar refractivity (Wildman–Crippen MR) is 105 cm³/mol. The highest BCUT2D eigenvalue weighted by Gasteiger charge is 2.17. The van der Waals surface area contributed by atoms with Crippen molar-refractivity contribution in [3.05, 3.63) is 59.0 Å². The lowest BCUT2D eigenvalue weighted by Gasteiger charge is -2.08. The highest BCUT2D eigenvalue weighted by molar-refractivity contribution is 7.21. The van der Waals surface area contributed by atoms with Crippen molar-refractivity contribution in [1.29, 1.82) is 0 Å². The fourth-order valence-corrected chi connectivity index (χ4v) is 3.99. The Balaban J connectivity index is 1.90. The zero-order chi connectivity index (χ0) is 17.8. The Bertz CT molecular complexity index is 930. The third kappa shape index (κ3) is 3.88. The van der Waals surface area contributed by atoms with E-state index in [4.69, 9.17) is 0 Å². The molecule has 0 atom stereocenters. The molecule has 0 saturated heterocycles. The van der Waals surface area contributed by atoms with Crippen molar-refractivity contribution in [1.82, 2.24) is 0 Å². The molecule has 0 saturated carbocycles. The third-order valence-electron chi connectivity index (χ3n) is 3.85. The lowest BCUT2D eigenvalue weighted by molar-refractivity contribution is -0.114. The molecule has 0 spiro atoms. The Hall–Kier alpha value is -2.66.